The molecule has 4 rings (SSSR count). The smallest absolute Gasteiger partial charge is 0.261 e. The summed E-state index contributed by atoms with van der Waals surface area (Å²) in [6.07, 6.45) is 1.62. The number of Topliss-reactive ketones (excluding diaryl/α,β-unsaturated/α-hetero) is 1. The fraction of sp³-hybridized carbons (Fsp3) is 0.160. The lowest BCUT2D eigenvalue weighted by Crippen LogP contribution is -2.20. The van der Waals surface area contributed by atoms with E-state index in [4.69, 9.17) is 0 Å². The zero-order valence-corrected chi connectivity index (χ0v) is 20.2. The average molecular weight is 513 g/mol. The van der Waals surface area contributed by atoms with Crippen molar-refractivity contribution in [2.75, 3.05) is 15.8 Å². The van der Waals surface area contributed by atoms with Crippen molar-refractivity contribution in [3.63, 3.8) is 0 Å². The maximum atomic E-state index is 14.9. The highest BCUT2D eigenvalue weighted by Gasteiger charge is 2.23. The summed E-state index contributed by atoms with van der Waals surface area (Å²) in [6, 6.07) is 12.1. The molecule has 2 aromatic heterocycles. The zero-order chi connectivity index (χ0) is 26.0. The number of nitrogens with one attached hydrogen (secondary N) is 3. The molecule has 3 N–H and O–H groups in total. The minimum atomic E-state index is -3.85. The molecule has 0 saturated heterocycles. The van der Waals surface area contributed by atoms with E-state index in [0.29, 0.717) is 23.0 Å². The van der Waals surface area contributed by atoms with Crippen LogP contribution in [0.2, 0.25) is 0 Å². The summed E-state index contributed by atoms with van der Waals surface area (Å²) in [5.41, 5.74) is 1.38. The van der Waals surface area contributed by atoms with Crippen molar-refractivity contribution in [1.82, 2.24) is 9.97 Å². The minimum absolute atomic E-state index is 0.0444. The molecule has 1 amide bonds. The molecule has 0 saturated carbocycles. The SMILES string of the molecule is CCCS(=O)(=O)Nc1ccc(F)c(C(=O)Nc2cnc3[nH]c(-c4ccc(C(C)=O)cc4)cc3c2)c1F. The van der Waals surface area contributed by atoms with Crippen molar-refractivity contribution in [1.29, 1.82) is 0 Å². The molecule has 0 bridgehead atoms. The molecular weight excluding hydrogens is 490 g/mol. The summed E-state index contributed by atoms with van der Waals surface area (Å²) < 4.78 is 55.3. The molecule has 0 aliphatic heterocycles. The van der Waals surface area contributed by atoms with Gasteiger partial charge in [0.05, 0.1) is 23.3 Å². The van der Waals surface area contributed by atoms with Crippen molar-refractivity contribution in [2.24, 2.45) is 0 Å². The van der Waals surface area contributed by atoms with E-state index in [0.717, 1.165) is 23.4 Å². The second-order valence-corrected chi connectivity index (χ2v) is 9.98. The number of sulfonamides is 1. The van der Waals surface area contributed by atoms with Crippen LogP contribution in [0.15, 0.2) is 54.7 Å². The number of nitrogens with zero attached hydrogens (tertiary/aromatic N) is 1. The minimum Gasteiger partial charge on any atom is -0.339 e. The third-order valence-corrected chi connectivity index (χ3v) is 6.86. The number of carbonyl (C=O) groups excluding carboxylic acids is 2. The van der Waals surface area contributed by atoms with Gasteiger partial charge in [-0.05, 0) is 43.2 Å². The quantitative estimate of drug-likeness (QED) is 0.283. The number of hydrogen-bond donors (Lipinski definition) is 3. The number of carbonyl (C=O) groups is 2. The summed E-state index contributed by atoms with van der Waals surface area (Å²) in [6.45, 7) is 3.12. The van der Waals surface area contributed by atoms with Gasteiger partial charge in [0.2, 0.25) is 10.0 Å². The summed E-state index contributed by atoms with van der Waals surface area (Å²) in [4.78, 5) is 31.6. The van der Waals surface area contributed by atoms with Crippen LogP contribution in [0, 0.1) is 11.6 Å². The number of ketones is 1. The number of rotatable bonds is 8. The zero-order valence-electron chi connectivity index (χ0n) is 19.4. The number of fused-ring (bicyclic) bond motifs is 1. The van der Waals surface area contributed by atoms with Crippen LogP contribution < -0.4 is 10.0 Å². The van der Waals surface area contributed by atoms with Crippen LogP contribution in [0.1, 0.15) is 41.0 Å². The van der Waals surface area contributed by atoms with Gasteiger partial charge in [0.15, 0.2) is 11.6 Å². The molecule has 0 aliphatic rings. The van der Waals surface area contributed by atoms with E-state index in [-0.39, 0.29) is 17.2 Å². The van der Waals surface area contributed by atoms with Crippen molar-refractivity contribution < 1.29 is 26.8 Å². The van der Waals surface area contributed by atoms with Crippen LogP contribution in [0.25, 0.3) is 22.3 Å². The average Bonchev–Trinajstić information content (AvgIpc) is 3.24. The van der Waals surface area contributed by atoms with Gasteiger partial charge in [-0.25, -0.2) is 22.2 Å². The standard InChI is InChI=1S/C25H22F2N4O4S/c1-3-10-36(34,35)31-20-9-8-19(26)22(23(20)27)25(33)29-18-11-17-12-21(30-24(17)28-13-18)16-6-4-15(5-7-16)14(2)32/h4-9,11-13,31H,3,10H2,1-2H3,(H,28,30)(H,29,33). The first-order valence-corrected chi connectivity index (χ1v) is 12.6. The van der Waals surface area contributed by atoms with Crippen LogP contribution in [0.5, 0.6) is 0 Å². The molecule has 186 valence electrons. The molecule has 2 aromatic carbocycles. The van der Waals surface area contributed by atoms with Gasteiger partial charge in [0, 0.05) is 16.6 Å². The van der Waals surface area contributed by atoms with Crippen LogP contribution >= 0.6 is 0 Å². The number of halogens is 2. The Morgan fingerprint density at radius 1 is 1.06 bits per heavy atom. The van der Waals surface area contributed by atoms with E-state index in [1.165, 1.54) is 13.1 Å². The van der Waals surface area contributed by atoms with Gasteiger partial charge in [-0.2, -0.15) is 0 Å². The van der Waals surface area contributed by atoms with Crippen LogP contribution in [0.4, 0.5) is 20.2 Å². The van der Waals surface area contributed by atoms with Crippen molar-refractivity contribution in [2.45, 2.75) is 20.3 Å². The third kappa shape index (κ3) is 5.25. The topological polar surface area (TPSA) is 121 Å². The van der Waals surface area contributed by atoms with Crippen molar-refractivity contribution in [3.8, 4) is 11.3 Å². The van der Waals surface area contributed by atoms with Gasteiger partial charge in [0.1, 0.15) is 17.0 Å². The Morgan fingerprint density at radius 3 is 2.44 bits per heavy atom. The first-order chi connectivity index (χ1) is 17.1. The van der Waals surface area contributed by atoms with Crippen molar-refractivity contribution in [3.05, 3.63) is 77.5 Å². The van der Waals surface area contributed by atoms with Gasteiger partial charge in [0.25, 0.3) is 5.91 Å². The van der Waals surface area contributed by atoms with E-state index in [1.54, 1.807) is 43.3 Å². The van der Waals surface area contributed by atoms with E-state index >= 15 is 0 Å². The van der Waals surface area contributed by atoms with Gasteiger partial charge in [-0.1, -0.05) is 31.2 Å². The Labute approximate surface area is 205 Å². The van der Waals surface area contributed by atoms with Crippen LogP contribution in [-0.2, 0) is 10.0 Å². The Hall–Kier alpha value is -4.12. The molecular formula is C25H22F2N4O4S. The predicted octanol–water partition coefficient (Wildman–Crippen LogP) is 5.11. The predicted molar refractivity (Wildman–Crippen MR) is 134 cm³/mol. The number of amides is 1. The fourth-order valence-electron chi connectivity index (χ4n) is 3.64. The Morgan fingerprint density at radius 2 is 1.78 bits per heavy atom. The first-order valence-electron chi connectivity index (χ1n) is 11.0. The van der Waals surface area contributed by atoms with E-state index in [9.17, 15) is 26.8 Å². The number of aromatic nitrogens is 2. The van der Waals surface area contributed by atoms with E-state index in [1.807, 2.05) is 4.72 Å². The second kappa shape index (κ2) is 9.86. The molecule has 8 nitrogen and oxygen atoms in total. The number of anilines is 2. The Kier molecular flexibility index (Phi) is 6.84. The van der Waals surface area contributed by atoms with Gasteiger partial charge < -0.3 is 10.3 Å². The third-order valence-electron chi connectivity index (χ3n) is 5.39. The molecule has 11 heteroatoms. The van der Waals surface area contributed by atoms with Gasteiger partial charge in [-0.15, -0.1) is 0 Å². The highest BCUT2D eigenvalue weighted by molar-refractivity contribution is 7.92. The largest absolute Gasteiger partial charge is 0.339 e. The molecule has 0 fully saturated rings. The van der Waals surface area contributed by atoms with Crippen LogP contribution in [0.3, 0.4) is 0 Å². The number of pyridine rings is 1. The summed E-state index contributed by atoms with van der Waals surface area (Å²) >= 11 is 0. The van der Waals surface area contributed by atoms with E-state index in [2.05, 4.69) is 15.3 Å². The highest BCUT2D eigenvalue weighted by Crippen LogP contribution is 2.27. The molecule has 0 atom stereocenters. The second-order valence-electron chi connectivity index (χ2n) is 8.14. The summed E-state index contributed by atoms with van der Waals surface area (Å²) in [5.74, 6) is -3.86. The maximum absolute atomic E-state index is 14.9. The molecule has 2 heterocycles. The number of H-pyrrole nitrogens is 1. The summed E-state index contributed by atoms with van der Waals surface area (Å²) in [5, 5.41) is 3.03. The normalized spacial score (nSPS) is 11.4. The molecule has 0 spiro atoms. The lowest BCUT2D eigenvalue weighted by molar-refractivity contribution is 0.101. The highest BCUT2D eigenvalue weighted by atomic mass is 32.2. The first kappa shape index (κ1) is 25.0. The number of hydrogen-bond acceptors (Lipinski definition) is 5. The number of benzene rings is 2. The summed E-state index contributed by atoms with van der Waals surface area (Å²) in [7, 11) is -3.85. The molecule has 0 aliphatic carbocycles. The monoisotopic (exact) mass is 512 g/mol. The molecule has 4 aromatic rings. The van der Waals surface area contributed by atoms with Gasteiger partial charge in [-0.3, -0.25) is 14.3 Å². The Balaban J connectivity index is 1.59. The molecule has 0 unspecified atom stereocenters. The van der Waals surface area contributed by atoms with Gasteiger partial charge >= 0.3 is 0 Å². The molecule has 36 heavy (non-hydrogen) atoms. The van der Waals surface area contributed by atoms with Crippen LogP contribution in [-0.4, -0.2) is 35.8 Å². The van der Waals surface area contributed by atoms with E-state index < -0.39 is 38.8 Å². The van der Waals surface area contributed by atoms with Crippen molar-refractivity contribution >= 4 is 44.1 Å². The fourth-order valence-corrected chi connectivity index (χ4v) is 4.78. The molecule has 0 radical (unpaired) electrons. The lowest BCUT2D eigenvalue weighted by Gasteiger charge is -2.12. The lowest BCUT2D eigenvalue weighted by atomic mass is 10.1. The Bertz CT molecular complexity index is 1580. The number of aromatic amines is 1. The maximum Gasteiger partial charge on any atom is 0.261 e.